The Hall–Kier alpha value is -0.0400. The maximum Gasteiger partial charge on any atom is 0.0786 e. The molecule has 0 aliphatic carbocycles. The lowest BCUT2D eigenvalue weighted by Crippen LogP contribution is -2.51. The molecule has 1 nitrogen and oxygen atoms in total. The summed E-state index contributed by atoms with van der Waals surface area (Å²) in [6, 6.07) is 0. The van der Waals surface area contributed by atoms with Gasteiger partial charge in [-0.3, -0.25) is 0 Å². The van der Waals surface area contributed by atoms with Gasteiger partial charge in [-0.1, -0.05) is 96.8 Å². The zero-order chi connectivity index (χ0) is 18.8. The van der Waals surface area contributed by atoms with E-state index in [0.29, 0.717) is 0 Å². The number of rotatable bonds is 18. The van der Waals surface area contributed by atoms with Crippen LogP contribution in [0.2, 0.25) is 0 Å². The number of hydrogen-bond donors (Lipinski definition) is 0. The van der Waals surface area contributed by atoms with Crippen LogP contribution in [0.15, 0.2) is 0 Å². The van der Waals surface area contributed by atoms with Crippen molar-refractivity contribution in [2.45, 2.75) is 136 Å². The molecule has 1 fully saturated rings. The normalized spacial score (nSPS) is 16.8. The van der Waals surface area contributed by atoms with Crippen molar-refractivity contribution in [3.63, 3.8) is 0 Å². The van der Waals surface area contributed by atoms with Crippen LogP contribution in [0.3, 0.4) is 0 Å². The van der Waals surface area contributed by atoms with E-state index in [1.807, 2.05) is 0 Å². The van der Waals surface area contributed by atoms with Crippen molar-refractivity contribution in [1.82, 2.24) is 0 Å². The van der Waals surface area contributed by atoms with Gasteiger partial charge in [-0.05, 0) is 39.0 Å². The minimum Gasteiger partial charge on any atom is -0.324 e. The molecule has 0 aromatic heterocycles. The summed E-state index contributed by atoms with van der Waals surface area (Å²) in [4.78, 5) is 0. The van der Waals surface area contributed by atoms with Gasteiger partial charge in [0.1, 0.15) is 0 Å². The molecule has 0 bridgehead atoms. The molecule has 0 amide bonds. The van der Waals surface area contributed by atoms with Crippen LogP contribution in [-0.2, 0) is 0 Å². The average molecular weight is 367 g/mol. The van der Waals surface area contributed by atoms with Gasteiger partial charge in [0.15, 0.2) is 0 Å². The molecule has 0 saturated carbocycles. The molecule has 0 atom stereocenters. The molecule has 1 saturated heterocycles. The Morgan fingerprint density at radius 3 is 1.23 bits per heavy atom. The summed E-state index contributed by atoms with van der Waals surface area (Å²) in [6.07, 6.45) is 28.1. The van der Waals surface area contributed by atoms with Gasteiger partial charge in [0.2, 0.25) is 0 Å². The van der Waals surface area contributed by atoms with Gasteiger partial charge in [-0.2, -0.15) is 0 Å². The zero-order valence-corrected chi connectivity index (χ0v) is 18.7. The highest BCUT2D eigenvalue weighted by molar-refractivity contribution is 4.55. The molecule has 0 aromatic carbocycles. The summed E-state index contributed by atoms with van der Waals surface area (Å²) < 4.78 is 1.44. The molecule has 1 heterocycles. The van der Waals surface area contributed by atoms with E-state index in [9.17, 15) is 0 Å². The predicted molar refractivity (Wildman–Crippen MR) is 119 cm³/mol. The van der Waals surface area contributed by atoms with Crippen molar-refractivity contribution in [3.8, 4) is 0 Å². The molecule has 26 heavy (non-hydrogen) atoms. The lowest BCUT2D eigenvalue weighted by Gasteiger charge is -2.41. The van der Waals surface area contributed by atoms with Crippen LogP contribution in [0.5, 0.6) is 0 Å². The van der Waals surface area contributed by atoms with E-state index in [2.05, 4.69) is 13.8 Å². The van der Waals surface area contributed by atoms with Crippen LogP contribution in [0.4, 0.5) is 0 Å². The van der Waals surface area contributed by atoms with E-state index >= 15 is 0 Å². The van der Waals surface area contributed by atoms with Gasteiger partial charge >= 0.3 is 0 Å². The second-order valence-corrected chi connectivity index (χ2v) is 9.19. The third kappa shape index (κ3) is 12.4. The Morgan fingerprint density at radius 2 is 0.846 bits per heavy atom. The smallest absolute Gasteiger partial charge is 0.0786 e. The van der Waals surface area contributed by atoms with Crippen molar-refractivity contribution in [2.75, 3.05) is 26.2 Å². The monoisotopic (exact) mass is 366 g/mol. The summed E-state index contributed by atoms with van der Waals surface area (Å²) in [6.45, 7) is 10.5. The van der Waals surface area contributed by atoms with Crippen molar-refractivity contribution < 1.29 is 4.48 Å². The van der Waals surface area contributed by atoms with Crippen molar-refractivity contribution >= 4 is 0 Å². The minimum atomic E-state index is 1.37. The summed E-state index contributed by atoms with van der Waals surface area (Å²) in [5, 5.41) is 0. The van der Waals surface area contributed by atoms with E-state index in [1.165, 1.54) is 153 Å². The van der Waals surface area contributed by atoms with Gasteiger partial charge in [0.25, 0.3) is 0 Å². The summed E-state index contributed by atoms with van der Waals surface area (Å²) in [7, 11) is 0. The molecule has 1 rings (SSSR count). The van der Waals surface area contributed by atoms with Gasteiger partial charge < -0.3 is 4.48 Å². The van der Waals surface area contributed by atoms with E-state index in [1.54, 1.807) is 0 Å². The lowest BCUT2D eigenvalue weighted by molar-refractivity contribution is -0.931. The highest BCUT2D eigenvalue weighted by Gasteiger charge is 2.26. The number of piperidine rings is 1. The highest BCUT2D eigenvalue weighted by Crippen LogP contribution is 2.20. The first kappa shape index (κ1) is 24.0. The van der Waals surface area contributed by atoms with Gasteiger partial charge in [-0.15, -0.1) is 0 Å². The largest absolute Gasteiger partial charge is 0.324 e. The molecule has 1 heteroatoms. The topological polar surface area (TPSA) is 0 Å². The second kappa shape index (κ2) is 17.1. The van der Waals surface area contributed by atoms with Crippen LogP contribution in [0.25, 0.3) is 0 Å². The fourth-order valence-corrected chi connectivity index (χ4v) is 4.88. The van der Waals surface area contributed by atoms with E-state index in [-0.39, 0.29) is 0 Å². The summed E-state index contributed by atoms with van der Waals surface area (Å²) in [5.74, 6) is 0. The van der Waals surface area contributed by atoms with Crippen LogP contribution in [0.1, 0.15) is 136 Å². The maximum absolute atomic E-state index is 2.41. The van der Waals surface area contributed by atoms with Crippen LogP contribution < -0.4 is 0 Å². The SMILES string of the molecule is CCCCCCCCCCCCCCCCCC[N+]1(CC)CCCCC1. The molecule has 0 spiro atoms. The Kier molecular flexibility index (Phi) is 15.8. The quantitative estimate of drug-likeness (QED) is 0.169. The highest BCUT2D eigenvalue weighted by atomic mass is 15.3. The van der Waals surface area contributed by atoms with Gasteiger partial charge in [0, 0.05) is 0 Å². The molecule has 1 aliphatic heterocycles. The average Bonchev–Trinajstić information content (AvgIpc) is 2.68. The van der Waals surface area contributed by atoms with Crippen molar-refractivity contribution in [2.24, 2.45) is 0 Å². The third-order valence-corrected chi connectivity index (χ3v) is 6.92. The van der Waals surface area contributed by atoms with E-state index in [4.69, 9.17) is 0 Å². The van der Waals surface area contributed by atoms with Crippen LogP contribution in [0, 0.1) is 0 Å². The Morgan fingerprint density at radius 1 is 0.462 bits per heavy atom. The van der Waals surface area contributed by atoms with Crippen molar-refractivity contribution in [1.29, 1.82) is 0 Å². The fraction of sp³-hybridized carbons (Fsp3) is 1.00. The predicted octanol–water partition coefficient (Wildman–Crippen LogP) is 8.27. The Bertz CT molecular complexity index is 280. The van der Waals surface area contributed by atoms with Crippen molar-refractivity contribution in [3.05, 3.63) is 0 Å². The molecule has 0 unspecified atom stereocenters. The molecular weight excluding hydrogens is 314 g/mol. The molecule has 0 N–H and O–H groups in total. The van der Waals surface area contributed by atoms with Gasteiger partial charge in [0.05, 0.1) is 26.2 Å². The first-order chi connectivity index (χ1) is 12.8. The number of likely N-dealkylation sites (tertiary alicyclic amines) is 1. The minimum absolute atomic E-state index is 1.37. The van der Waals surface area contributed by atoms with Crippen LogP contribution in [-0.4, -0.2) is 30.7 Å². The molecular formula is C25H52N+. The third-order valence-electron chi connectivity index (χ3n) is 6.92. The first-order valence-electron chi connectivity index (χ1n) is 12.7. The first-order valence-corrected chi connectivity index (χ1v) is 12.7. The lowest BCUT2D eigenvalue weighted by atomic mass is 10.0. The second-order valence-electron chi connectivity index (χ2n) is 9.19. The number of hydrogen-bond acceptors (Lipinski definition) is 0. The molecule has 1 aliphatic rings. The maximum atomic E-state index is 2.41. The molecule has 156 valence electrons. The van der Waals surface area contributed by atoms with E-state index in [0.717, 1.165) is 0 Å². The summed E-state index contributed by atoms with van der Waals surface area (Å²) >= 11 is 0. The zero-order valence-electron chi connectivity index (χ0n) is 18.7. The number of unbranched alkanes of at least 4 members (excludes halogenated alkanes) is 15. The Balaban J connectivity index is 1.77. The standard InChI is InChI=1S/C25H52N/c1-3-5-6-7-8-9-10-11-12-13-14-15-16-17-18-20-23-26(4-2)24-21-19-22-25-26/h3-25H2,1-2H3/q+1. The Labute approximate surface area is 166 Å². The van der Waals surface area contributed by atoms with Gasteiger partial charge in [-0.25, -0.2) is 0 Å². The fourth-order valence-electron chi connectivity index (χ4n) is 4.88. The summed E-state index contributed by atoms with van der Waals surface area (Å²) in [5.41, 5.74) is 0. The van der Waals surface area contributed by atoms with Crippen LogP contribution >= 0.6 is 0 Å². The number of quaternary nitrogens is 1. The number of nitrogens with zero attached hydrogens (tertiary/aromatic N) is 1. The van der Waals surface area contributed by atoms with E-state index < -0.39 is 0 Å². The molecule has 0 radical (unpaired) electrons. The molecule has 0 aromatic rings.